The van der Waals surface area contributed by atoms with E-state index in [4.69, 9.17) is 4.74 Å². The largest absolute Gasteiger partial charge is 2.00 e. The standard InChI is InChI=1S/C31H21Br.C30H19BrO2.CH3.BrH.Mg/c1-31(2)26-17-18(32)15-16-25(26)28-24-14-8-7-13-23(24)27-21-11-5-3-9-19(21)20-10-4-6-12-22(20)29(27)30(28)31;1-33-30(32)28-16-18(31)14-15-23(28)26-17-27-21-10-3-2-8-19(21)20-9-4-6-12-24(20)29(27)25-13-7-5-11-22(25)26;;;/h3-17H,1-2H3;2-17H,1H3;1H3;1H;/q;;-1;;+2/p-1. The van der Waals surface area contributed by atoms with Gasteiger partial charge in [-0.1, -0.05) is 203 Å². The average Bonchev–Trinajstić information content (AvgIpc) is 3.58. The van der Waals surface area contributed by atoms with Crippen molar-refractivity contribution in [1.29, 1.82) is 0 Å². The van der Waals surface area contributed by atoms with E-state index in [1.54, 1.807) is 0 Å². The van der Waals surface area contributed by atoms with Gasteiger partial charge in [0.25, 0.3) is 0 Å². The Balaban J connectivity index is 0.000000163. The van der Waals surface area contributed by atoms with Crippen molar-refractivity contribution in [3.63, 3.8) is 0 Å². The molecule has 0 radical (unpaired) electrons. The molecule has 6 heteroatoms. The Hall–Kier alpha value is -5.60. The van der Waals surface area contributed by atoms with Crippen molar-refractivity contribution in [3.05, 3.63) is 221 Å². The topological polar surface area (TPSA) is 26.3 Å². The van der Waals surface area contributed by atoms with Crippen LogP contribution in [0.2, 0.25) is 0 Å². The normalized spacial score (nSPS) is 12.3. The minimum absolute atomic E-state index is 0. The molecule has 0 fully saturated rings. The first-order chi connectivity index (χ1) is 31.7. The molecule has 0 amide bonds. The van der Waals surface area contributed by atoms with Crippen LogP contribution in [-0.2, 0) is 10.2 Å². The molecule has 0 saturated heterocycles. The van der Waals surface area contributed by atoms with Crippen molar-refractivity contribution in [2.75, 3.05) is 7.11 Å². The summed E-state index contributed by atoms with van der Waals surface area (Å²) in [6, 6.07) is 67.3. The summed E-state index contributed by atoms with van der Waals surface area (Å²) in [4.78, 5) is 12.7. The van der Waals surface area contributed by atoms with Crippen molar-refractivity contribution >= 4 is 147 Å². The molecule has 1 aliphatic rings. The van der Waals surface area contributed by atoms with Crippen LogP contribution >= 0.6 is 31.9 Å². The smallest absolute Gasteiger partial charge is 1.00 e. The van der Waals surface area contributed by atoms with Crippen molar-refractivity contribution in [2.24, 2.45) is 0 Å². The number of benzene rings is 12. The van der Waals surface area contributed by atoms with Gasteiger partial charge in [-0.3, -0.25) is 0 Å². The van der Waals surface area contributed by atoms with E-state index in [1.165, 1.54) is 110 Å². The number of hydrogen-bond acceptors (Lipinski definition) is 2. The van der Waals surface area contributed by atoms with Crippen LogP contribution in [0.25, 0.3) is 108 Å². The number of esters is 1. The predicted octanol–water partition coefficient (Wildman–Crippen LogP) is 15.0. The van der Waals surface area contributed by atoms with Gasteiger partial charge in [-0.25, -0.2) is 4.79 Å². The van der Waals surface area contributed by atoms with Crippen LogP contribution in [0.15, 0.2) is 197 Å². The Labute approximate surface area is 439 Å². The molecule has 326 valence electrons. The molecule has 0 bridgehead atoms. The molecule has 0 N–H and O–H groups in total. The molecule has 12 aromatic rings. The molecule has 68 heavy (non-hydrogen) atoms. The van der Waals surface area contributed by atoms with Gasteiger partial charge >= 0.3 is 29.0 Å². The molecule has 0 aliphatic heterocycles. The number of methoxy groups -OCH3 is 1. The first-order valence-electron chi connectivity index (χ1n) is 22.0. The van der Waals surface area contributed by atoms with Crippen molar-refractivity contribution in [1.82, 2.24) is 0 Å². The van der Waals surface area contributed by atoms with Crippen LogP contribution < -0.4 is 17.0 Å². The number of halogens is 3. The van der Waals surface area contributed by atoms with Crippen molar-refractivity contribution < 1.29 is 26.5 Å². The zero-order valence-electron chi connectivity index (χ0n) is 38.1. The zero-order valence-corrected chi connectivity index (χ0v) is 44.2. The van der Waals surface area contributed by atoms with Crippen LogP contribution in [0, 0.1) is 7.43 Å². The fourth-order valence-electron chi connectivity index (χ4n) is 11.2. The summed E-state index contributed by atoms with van der Waals surface area (Å²) in [6.45, 7) is 4.78. The monoisotopic (exact) mass is 1080 g/mol. The molecule has 13 rings (SSSR count). The second-order valence-corrected chi connectivity index (χ2v) is 19.4. The maximum Gasteiger partial charge on any atom is 2.00 e. The number of ether oxygens (including phenoxy) is 1. The summed E-state index contributed by atoms with van der Waals surface area (Å²) in [5, 5.41) is 20.4. The Bertz CT molecular complexity index is 4030. The average molecular weight is 1080 g/mol. The molecule has 12 aromatic carbocycles. The first-order valence-corrected chi connectivity index (χ1v) is 23.5. The predicted molar refractivity (Wildman–Crippen MR) is 295 cm³/mol. The minimum atomic E-state index is -0.348. The van der Waals surface area contributed by atoms with E-state index in [2.05, 4.69) is 216 Å². The van der Waals surface area contributed by atoms with E-state index in [-0.39, 0.29) is 58.8 Å². The summed E-state index contributed by atoms with van der Waals surface area (Å²) < 4.78 is 7.10. The zero-order chi connectivity index (χ0) is 44.1. The molecule has 0 saturated carbocycles. The summed E-state index contributed by atoms with van der Waals surface area (Å²) in [5.74, 6) is -0.348. The quantitative estimate of drug-likeness (QED) is 0.0746. The van der Waals surface area contributed by atoms with Crippen molar-refractivity contribution in [3.8, 4) is 22.3 Å². The second kappa shape index (κ2) is 18.4. The van der Waals surface area contributed by atoms with E-state index in [0.29, 0.717) is 5.56 Å². The number of rotatable bonds is 2. The third-order valence-corrected chi connectivity index (χ3v) is 14.9. The molecule has 0 heterocycles. The number of hydrogen-bond donors (Lipinski definition) is 0. The Morgan fingerprint density at radius 3 is 1.34 bits per heavy atom. The maximum atomic E-state index is 12.7. The van der Waals surface area contributed by atoms with E-state index in [0.717, 1.165) is 25.5 Å². The Morgan fingerprint density at radius 1 is 0.426 bits per heavy atom. The van der Waals surface area contributed by atoms with E-state index < -0.39 is 0 Å². The van der Waals surface area contributed by atoms with Gasteiger partial charge in [0.1, 0.15) is 0 Å². The van der Waals surface area contributed by atoms with Crippen LogP contribution in [-0.4, -0.2) is 36.1 Å². The molecule has 2 nitrogen and oxygen atoms in total. The molecule has 0 atom stereocenters. The fraction of sp³-hybridized carbons (Fsp3) is 0.0645. The van der Waals surface area contributed by atoms with Crippen molar-refractivity contribution in [2.45, 2.75) is 19.3 Å². The molecular weight excluding hydrogens is 1040 g/mol. The van der Waals surface area contributed by atoms with Gasteiger partial charge in [0.05, 0.1) is 12.7 Å². The Morgan fingerprint density at radius 2 is 0.809 bits per heavy atom. The summed E-state index contributed by atoms with van der Waals surface area (Å²) in [6.07, 6.45) is 0. The first kappa shape index (κ1) is 47.5. The van der Waals surface area contributed by atoms with Crippen LogP contribution in [0.3, 0.4) is 0 Å². The van der Waals surface area contributed by atoms with Gasteiger partial charge in [-0.15, -0.1) is 0 Å². The third-order valence-electron chi connectivity index (χ3n) is 13.9. The van der Waals surface area contributed by atoms with Gasteiger partial charge in [-0.2, -0.15) is 0 Å². The summed E-state index contributed by atoms with van der Waals surface area (Å²) >= 11 is 7.24. The van der Waals surface area contributed by atoms with E-state index in [9.17, 15) is 4.79 Å². The number of carbonyl (C=O) groups excluding carboxylic acids is 1. The third kappa shape index (κ3) is 7.17. The number of fused-ring (bicyclic) bond motifs is 21. The van der Waals surface area contributed by atoms with Crippen LogP contribution in [0.1, 0.15) is 35.3 Å². The Kier molecular flexibility index (Phi) is 12.8. The fourth-order valence-corrected chi connectivity index (χ4v) is 11.9. The van der Waals surface area contributed by atoms with Crippen LogP contribution in [0.5, 0.6) is 0 Å². The SMILES string of the molecule is CC1(C)c2cc(Br)ccc2-c2c1c1c3ccccc3c3ccccc3c1c1ccccc21.COC(=O)c1cc(Br)ccc1-c1cc2c3ccccc3c3ccccc3c2c2ccccc12.[Br-].[CH3-].[Mg+2]. The molecule has 0 unspecified atom stereocenters. The van der Waals surface area contributed by atoms with Gasteiger partial charge in [0.2, 0.25) is 0 Å². The van der Waals surface area contributed by atoms with Crippen LogP contribution in [0.4, 0.5) is 0 Å². The van der Waals surface area contributed by atoms with Gasteiger partial charge < -0.3 is 29.1 Å². The van der Waals surface area contributed by atoms with E-state index in [1.807, 2.05) is 18.2 Å². The van der Waals surface area contributed by atoms with Gasteiger partial charge in [-0.05, 0) is 150 Å². The van der Waals surface area contributed by atoms with Gasteiger partial charge in [0, 0.05) is 14.4 Å². The molecule has 0 aromatic heterocycles. The van der Waals surface area contributed by atoms with Gasteiger partial charge in [0.15, 0.2) is 0 Å². The molecule has 0 spiro atoms. The molecular formula is C62H43Br3MgO2. The molecule has 1 aliphatic carbocycles. The number of carbonyl (C=O) groups is 1. The van der Waals surface area contributed by atoms with E-state index >= 15 is 0 Å². The second-order valence-electron chi connectivity index (χ2n) is 17.6. The minimum Gasteiger partial charge on any atom is -1.00 e. The summed E-state index contributed by atoms with van der Waals surface area (Å²) in [5.41, 5.74) is 7.96. The maximum absolute atomic E-state index is 12.7. The summed E-state index contributed by atoms with van der Waals surface area (Å²) in [7, 11) is 1.42.